The zero-order valence-electron chi connectivity index (χ0n) is 10.8. The first-order valence-electron chi connectivity index (χ1n) is 6.21. The lowest BCUT2D eigenvalue weighted by molar-refractivity contribution is 0.0943. The lowest BCUT2D eigenvalue weighted by Gasteiger charge is -2.39. The Kier molecular flexibility index (Phi) is 3.64. The monoisotopic (exact) mass is 286 g/mol. The van der Waals surface area contributed by atoms with Gasteiger partial charge in [-0.1, -0.05) is 6.42 Å². The van der Waals surface area contributed by atoms with Gasteiger partial charge in [-0.15, -0.1) is 0 Å². The van der Waals surface area contributed by atoms with Gasteiger partial charge < -0.3 is 5.32 Å². The molecule has 1 amide bonds. The van der Waals surface area contributed by atoms with E-state index >= 15 is 0 Å². The van der Waals surface area contributed by atoms with Gasteiger partial charge in [-0.2, -0.15) is 5.10 Å². The summed E-state index contributed by atoms with van der Waals surface area (Å²) in [6, 6.07) is 0. The predicted molar refractivity (Wildman–Crippen MR) is 69.9 cm³/mol. The van der Waals surface area contributed by atoms with Crippen LogP contribution in [0.3, 0.4) is 0 Å². The van der Waals surface area contributed by atoms with Crippen molar-refractivity contribution < 1.29 is 13.2 Å². The van der Waals surface area contributed by atoms with E-state index in [1.54, 1.807) is 10.9 Å². The van der Waals surface area contributed by atoms with Crippen LogP contribution < -0.4 is 10.5 Å². The fourth-order valence-electron chi connectivity index (χ4n) is 2.13. The van der Waals surface area contributed by atoms with Gasteiger partial charge in [-0.3, -0.25) is 9.48 Å². The SMILES string of the molecule is CCn1cc(C(=O)NCC2(S(N)(=O)=O)CCC2)cn1. The molecule has 1 aromatic heterocycles. The molecule has 0 radical (unpaired) electrons. The summed E-state index contributed by atoms with van der Waals surface area (Å²) in [5, 5.41) is 11.9. The molecule has 0 unspecified atom stereocenters. The van der Waals surface area contributed by atoms with Crippen molar-refractivity contribution in [1.82, 2.24) is 15.1 Å². The van der Waals surface area contributed by atoms with Gasteiger partial charge in [0.25, 0.3) is 5.91 Å². The van der Waals surface area contributed by atoms with E-state index in [1.807, 2.05) is 6.92 Å². The average Bonchev–Trinajstić information content (AvgIpc) is 2.73. The van der Waals surface area contributed by atoms with Crippen LogP contribution in [0.25, 0.3) is 0 Å². The van der Waals surface area contributed by atoms with Crippen molar-refractivity contribution in [2.24, 2.45) is 5.14 Å². The van der Waals surface area contributed by atoms with Crippen LogP contribution in [0.4, 0.5) is 0 Å². The molecule has 2 rings (SSSR count). The number of amides is 1. The third kappa shape index (κ3) is 2.64. The van der Waals surface area contributed by atoms with Crippen molar-refractivity contribution in [3.05, 3.63) is 18.0 Å². The van der Waals surface area contributed by atoms with Crippen LogP contribution in [-0.2, 0) is 16.6 Å². The highest BCUT2D eigenvalue weighted by atomic mass is 32.2. The van der Waals surface area contributed by atoms with E-state index in [9.17, 15) is 13.2 Å². The van der Waals surface area contributed by atoms with Crippen molar-refractivity contribution in [3.63, 3.8) is 0 Å². The Bertz CT molecular complexity index is 575. The highest BCUT2D eigenvalue weighted by Gasteiger charge is 2.47. The number of aromatic nitrogens is 2. The third-order valence-electron chi connectivity index (χ3n) is 3.66. The minimum absolute atomic E-state index is 0.0575. The normalized spacial score (nSPS) is 17.8. The molecule has 7 nitrogen and oxygen atoms in total. The number of carbonyl (C=O) groups is 1. The first-order valence-corrected chi connectivity index (χ1v) is 7.75. The van der Waals surface area contributed by atoms with Crippen molar-refractivity contribution in [1.29, 1.82) is 0 Å². The molecule has 0 saturated heterocycles. The predicted octanol–water partition coefficient (Wildman–Crippen LogP) is -0.156. The fourth-order valence-corrected chi connectivity index (χ4v) is 3.26. The molecule has 1 saturated carbocycles. The van der Waals surface area contributed by atoms with Gasteiger partial charge in [0.1, 0.15) is 4.75 Å². The van der Waals surface area contributed by atoms with E-state index in [2.05, 4.69) is 10.4 Å². The summed E-state index contributed by atoms with van der Waals surface area (Å²) in [6.45, 7) is 2.65. The number of aryl methyl sites for hydroxylation is 1. The number of nitrogens with one attached hydrogen (secondary N) is 1. The molecule has 0 atom stereocenters. The summed E-state index contributed by atoms with van der Waals surface area (Å²) in [4.78, 5) is 11.9. The first kappa shape index (κ1) is 14.0. The Balaban J connectivity index is 2.00. The van der Waals surface area contributed by atoms with Crippen molar-refractivity contribution in [2.45, 2.75) is 37.5 Å². The van der Waals surface area contributed by atoms with Gasteiger partial charge in [-0.05, 0) is 19.8 Å². The van der Waals surface area contributed by atoms with E-state index in [-0.39, 0.29) is 12.5 Å². The molecule has 1 heterocycles. The molecule has 3 N–H and O–H groups in total. The Labute approximate surface area is 112 Å². The summed E-state index contributed by atoms with van der Waals surface area (Å²) < 4.78 is 23.7. The van der Waals surface area contributed by atoms with Crippen LogP contribution in [0.2, 0.25) is 0 Å². The summed E-state index contributed by atoms with van der Waals surface area (Å²) in [7, 11) is -3.64. The molecular weight excluding hydrogens is 268 g/mol. The maximum absolute atomic E-state index is 11.9. The van der Waals surface area contributed by atoms with Crippen molar-refractivity contribution in [3.8, 4) is 0 Å². The Hall–Kier alpha value is -1.41. The zero-order valence-corrected chi connectivity index (χ0v) is 11.6. The minimum atomic E-state index is -3.64. The van der Waals surface area contributed by atoms with E-state index < -0.39 is 14.8 Å². The highest BCUT2D eigenvalue weighted by molar-refractivity contribution is 7.90. The topological polar surface area (TPSA) is 107 Å². The van der Waals surface area contributed by atoms with Gasteiger partial charge in [0.2, 0.25) is 10.0 Å². The molecule has 1 aliphatic rings. The molecule has 0 aliphatic heterocycles. The smallest absolute Gasteiger partial charge is 0.254 e. The quantitative estimate of drug-likeness (QED) is 0.784. The lowest BCUT2D eigenvalue weighted by Crippen LogP contribution is -2.56. The van der Waals surface area contributed by atoms with Gasteiger partial charge in [0.15, 0.2) is 0 Å². The number of sulfonamides is 1. The molecule has 106 valence electrons. The number of rotatable bonds is 5. The van der Waals surface area contributed by atoms with Gasteiger partial charge >= 0.3 is 0 Å². The number of primary sulfonamides is 1. The van der Waals surface area contributed by atoms with Crippen molar-refractivity contribution >= 4 is 15.9 Å². The zero-order chi connectivity index (χ0) is 14.1. The molecule has 0 aromatic carbocycles. The fraction of sp³-hybridized carbons (Fsp3) is 0.636. The number of hydrogen-bond acceptors (Lipinski definition) is 4. The third-order valence-corrected chi connectivity index (χ3v) is 5.42. The van der Waals surface area contributed by atoms with Gasteiger partial charge in [0, 0.05) is 19.3 Å². The maximum Gasteiger partial charge on any atom is 0.254 e. The number of nitrogens with two attached hydrogens (primary N) is 1. The second-order valence-electron chi connectivity index (χ2n) is 4.85. The Morgan fingerprint density at radius 2 is 2.26 bits per heavy atom. The molecule has 1 aromatic rings. The van der Waals surface area contributed by atoms with Gasteiger partial charge in [-0.25, -0.2) is 13.6 Å². The molecular formula is C11H18N4O3S. The second kappa shape index (κ2) is 4.93. The van der Waals surface area contributed by atoms with Gasteiger partial charge in [0.05, 0.1) is 11.8 Å². The molecule has 1 fully saturated rings. The van der Waals surface area contributed by atoms with E-state index in [0.717, 1.165) is 6.42 Å². The summed E-state index contributed by atoms with van der Waals surface area (Å²) in [5.41, 5.74) is 0.422. The van der Waals surface area contributed by atoms with Crippen LogP contribution in [0, 0.1) is 0 Å². The number of hydrogen-bond donors (Lipinski definition) is 2. The largest absolute Gasteiger partial charge is 0.350 e. The van der Waals surface area contributed by atoms with E-state index in [4.69, 9.17) is 5.14 Å². The average molecular weight is 286 g/mol. The van der Waals surface area contributed by atoms with E-state index in [0.29, 0.717) is 24.9 Å². The summed E-state index contributed by atoms with van der Waals surface area (Å²) >= 11 is 0. The molecule has 8 heteroatoms. The van der Waals surface area contributed by atoms with Crippen LogP contribution in [0.1, 0.15) is 36.5 Å². The van der Waals surface area contributed by atoms with Crippen molar-refractivity contribution in [2.75, 3.05) is 6.54 Å². The van der Waals surface area contributed by atoms with Crippen LogP contribution in [-0.4, -0.2) is 35.4 Å². The standard InChI is InChI=1S/C11H18N4O3S/c1-2-15-7-9(6-14-15)10(16)13-8-11(4-3-5-11)19(12,17)18/h6-7H,2-5,8H2,1H3,(H,13,16)(H2,12,17,18). The van der Waals surface area contributed by atoms with E-state index in [1.165, 1.54) is 6.20 Å². The number of carbonyl (C=O) groups excluding carboxylic acids is 1. The number of nitrogens with zero attached hydrogens (tertiary/aromatic N) is 2. The molecule has 0 spiro atoms. The first-order chi connectivity index (χ1) is 8.88. The minimum Gasteiger partial charge on any atom is -0.350 e. The molecule has 19 heavy (non-hydrogen) atoms. The lowest BCUT2D eigenvalue weighted by atomic mass is 9.84. The van der Waals surface area contributed by atoms with Crippen LogP contribution in [0.5, 0.6) is 0 Å². The second-order valence-corrected chi connectivity index (χ2v) is 6.81. The highest BCUT2D eigenvalue weighted by Crippen LogP contribution is 2.37. The van der Waals surface area contributed by atoms with Crippen LogP contribution >= 0.6 is 0 Å². The maximum atomic E-state index is 11.9. The molecule has 1 aliphatic carbocycles. The molecule has 0 bridgehead atoms. The Morgan fingerprint density at radius 3 is 2.68 bits per heavy atom. The summed E-state index contributed by atoms with van der Waals surface area (Å²) in [5.74, 6) is -0.324. The van der Waals surface area contributed by atoms with Crippen LogP contribution in [0.15, 0.2) is 12.4 Å². The Morgan fingerprint density at radius 1 is 1.58 bits per heavy atom. The summed E-state index contributed by atoms with van der Waals surface area (Å²) in [6.07, 6.45) is 4.91.